The Labute approximate surface area is 118 Å². The van der Waals surface area contributed by atoms with E-state index in [1.54, 1.807) is 12.3 Å². The number of thiophene rings is 1. The molecule has 0 atom stereocenters. The SMILES string of the molecule is O=[N+]([O-])c1ccc(COc2nccc3ccccc23)s1. The van der Waals surface area contributed by atoms with Crippen LogP contribution in [-0.2, 0) is 6.61 Å². The molecule has 0 spiro atoms. The molecular formula is C14H10N2O3S. The van der Waals surface area contributed by atoms with Gasteiger partial charge in [-0.2, -0.15) is 0 Å². The first-order valence-corrected chi connectivity index (χ1v) is 6.75. The topological polar surface area (TPSA) is 65.3 Å². The number of nitro groups is 1. The molecule has 1 aromatic carbocycles. The van der Waals surface area contributed by atoms with E-state index in [2.05, 4.69) is 4.98 Å². The molecule has 5 nitrogen and oxygen atoms in total. The smallest absolute Gasteiger partial charge is 0.324 e. The first kappa shape index (κ1) is 12.6. The van der Waals surface area contributed by atoms with E-state index in [1.165, 1.54) is 6.07 Å². The third-order valence-corrected chi connectivity index (χ3v) is 3.83. The molecule has 0 fully saturated rings. The maximum Gasteiger partial charge on any atom is 0.324 e. The van der Waals surface area contributed by atoms with Gasteiger partial charge in [0, 0.05) is 22.5 Å². The Balaban J connectivity index is 1.81. The van der Waals surface area contributed by atoms with Crippen molar-refractivity contribution in [3.8, 4) is 5.88 Å². The maximum atomic E-state index is 10.6. The molecule has 6 heteroatoms. The molecule has 0 saturated carbocycles. The summed E-state index contributed by atoms with van der Waals surface area (Å²) >= 11 is 1.11. The van der Waals surface area contributed by atoms with Crippen LogP contribution in [0, 0.1) is 10.1 Å². The first-order valence-electron chi connectivity index (χ1n) is 5.94. The van der Waals surface area contributed by atoms with Gasteiger partial charge >= 0.3 is 5.00 Å². The predicted octanol–water partition coefficient (Wildman–Crippen LogP) is 3.78. The molecule has 0 saturated heterocycles. The second-order valence-corrected chi connectivity index (χ2v) is 5.27. The van der Waals surface area contributed by atoms with Crippen LogP contribution in [0.1, 0.15) is 4.88 Å². The van der Waals surface area contributed by atoms with Crippen LogP contribution in [0.2, 0.25) is 0 Å². The van der Waals surface area contributed by atoms with Gasteiger partial charge in [-0.1, -0.05) is 29.5 Å². The Kier molecular flexibility index (Phi) is 3.30. The zero-order chi connectivity index (χ0) is 13.9. The minimum Gasteiger partial charge on any atom is -0.471 e. The summed E-state index contributed by atoms with van der Waals surface area (Å²) in [4.78, 5) is 15.2. The van der Waals surface area contributed by atoms with Crippen LogP contribution in [-0.4, -0.2) is 9.91 Å². The van der Waals surface area contributed by atoms with Crippen LogP contribution < -0.4 is 4.74 Å². The number of hydrogen-bond acceptors (Lipinski definition) is 5. The van der Waals surface area contributed by atoms with Gasteiger partial charge in [-0.05, 0) is 23.6 Å². The van der Waals surface area contributed by atoms with E-state index in [4.69, 9.17) is 4.74 Å². The number of nitrogens with zero attached hydrogens (tertiary/aromatic N) is 2. The summed E-state index contributed by atoms with van der Waals surface area (Å²) in [6.07, 6.45) is 1.69. The minimum atomic E-state index is -0.398. The summed E-state index contributed by atoms with van der Waals surface area (Å²) in [5, 5.41) is 12.7. The van der Waals surface area contributed by atoms with Crippen molar-refractivity contribution in [2.24, 2.45) is 0 Å². The zero-order valence-corrected chi connectivity index (χ0v) is 11.2. The van der Waals surface area contributed by atoms with Gasteiger partial charge in [-0.15, -0.1) is 0 Å². The lowest BCUT2D eigenvalue weighted by Gasteiger charge is -2.06. The number of ether oxygens (including phenoxy) is 1. The van der Waals surface area contributed by atoms with Crippen molar-refractivity contribution in [2.45, 2.75) is 6.61 Å². The van der Waals surface area contributed by atoms with Gasteiger partial charge < -0.3 is 4.74 Å². The quantitative estimate of drug-likeness (QED) is 0.540. The van der Waals surface area contributed by atoms with Crippen molar-refractivity contribution in [1.29, 1.82) is 0 Å². The summed E-state index contributed by atoms with van der Waals surface area (Å²) in [6, 6.07) is 12.9. The van der Waals surface area contributed by atoms with Crippen molar-refractivity contribution in [3.63, 3.8) is 0 Å². The lowest BCUT2D eigenvalue weighted by atomic mass is 10.2. The van der Waals surface area contributed by atoms with Crippen LogP contribution in [0.4, 0.5) is 5.00 Å². The van der Waals surface area contributed by atoms with Crippen molar-refractivity contribution in [3.05, 3.63) is 63.7 Å². The highest BCUT2D eigenvalue weighted by Gasteiger charge is 2.10. The Morgan fingerprint density at radius 2 is 2.05 bits per heavy atom. The highest BCUT2D eigenvalue weighted by Crippen LogP contribution is 2.27. The number of rotatable bonds is 4. The molecule has 0 amide bonds. The van der Waals surface area contributed by atoms with E-state index in [0.717, 1.165) is 27.0 Å². The summed E-state index contributed by atoms with van der Waals surface area (Å²) in [5.41, 5.74) is 0. The Bertz CT molecular complexity index is 764. The third kappa shape index (κ3) is 2.46. The average molecular weight is 286 g/mol. The lowest BCUT2D eigenvalue weighted by Crippen LogP contribution is -1.95. The second-order valence-electron chi connectivity index (χ2n) is 4.12. The molecule has 0 aliphatic heterocycles. The fourth-order valence-corrected chi connectivity index (χ4v) is 2.62. The van der Waals surface area contributed by atoms with Gasteiger partial charge in [0.2, 0.25) is 5.88 Å². The standard InChI is InChI=1S/C14H10N2O3S/c17-16(18)13-6-5-11(20-13)9-19-14-12-4-2-1-3-10(12)7-8-15-14/h1-8H,9H2. The Hall–Kier alpha value is -2.47. The van der Waals surface area contributed by atoms with E-state index < -0.39 is 4.92 Å². The van der Waals surface area contributed by atoms with Crippen molar-refractivity contribution in [1.82, 2.24) is 4.98 Å². The van der Waals surface area contributed by atoms with E-state index in [1.807, 2.05) is 30.3 Å². The van der Waals surface area contributed by atoms with Crippen molar-refractivity contribution in [2.75, 3.05) is 0 Å². The number of hydrogen-bond donors (Lipinski definition) is 0. The van der Waals surface area contributed by atoms with E-state index >= 15 is 0 Å². The van der Waals surface area contributed by atoms with Crippen LogP contribution in [0.25, 0.3) is 10.8 Å². The Morgan fingerprint density at radius 3 is 2.85 bits per heavy atom. The van der Waals surface area contributed by atoms with Gasteiger partial charge in [-0.3, -0.25) is 10.1 Å². The summed E-state index contributed by atoms with van der Waals surface area (Å²) in [7, 11) is 0. The molecule has 0 N–H and O–H groups in total. The normalized spacial score (nSPS) is 10.6. The van der Waals surface area contributed by atoms with E-state index in [-0.39, 0.29) is 11.6 Å². The maximum absolute atomic E-state index is 10.6. The fourth-order valence-electron chi connectivity index (χ4n) is 1.89. The average Bonchev–Trinajstić information content (AvgIpc) is 2.94. The summed E-state index contributed by atoms with van der Waals surface area (Å²) in [5.74, 6) is 0.541. The van der Waals surface area contributed by atoms with E-state index in [9.17, 15) is 10.1 Å². The Morgan fingerprint density at radius 1 is 1.20 bits per heavy atom. The molecule has 3 aromatic rings. The van der Waals surface area contributed by atoms with Crippen LogP contribution in [0.15, 0.2) is 48.7 Å². The molecule has 0 unspecified atom stereocenters. The number of pyridine rings is 1. The van der Waals surface area contributed by atoms with Crippen LogP contribution >= 0.6 is 11.3 Å². The van der Waals surface area contributed by atoms with Crippen molar-refractivity contribution >= 4 is 27.1 Å². The molecule has 3 rings (SSSR count). The minimum absolute atomic E-state index is 0.120. The number of aromatic nitrogens is 1. The molecule has 0 bridgehead atoms. The molecular weight excluding hydrogens is 276 g/mol. The molecule has 0 aliphatic carbocycles. The van der Waals surface area contributed by atoms with Crippen LogP contribution in [0.3, 0.4) is 0 Å². The van der Waals surface area contributed by atoms with Gasteiger partial charge in [0.1, 0.15) is 6.61 Å². The summed E-state index contributed by atoms with van der Waals surface area (Å²) < 4.78 is 5.68. The van der Waals surface area contributed by atoms with Gasteiger partial charge in [0.25, 0.3) is 0 Å². The van der Waals surface area contributed by atoms with Gasteiger partial charge in [0.05, 0.1) is 4.92 Å². The highest BCUT2D eigenvalue weighted by atomic mass is 32.1. The second kappa shape index (κ2) is 5.26. The van der Waals surface area contributed by atoms with Gasteiger partial charge in [0.15, 0.2) is 0 Å². The number of benzene rings is 1. The first-order chi connectivity index (χ1) is 9.74. The molecule has 2 aromatic heterocycles. The van der Waals surface area contributed by atoms with Crippen LogP contribution in [0.5, 0.6) is 5.88 Å². The zero-order valence-electron chi connectivity index (χ0n) is 10.4. The molecule has 2 heterocycles. The predicted molar refractivity (Wildman–Crippen MR) is 77.0 cm³/mol. The van der Waals surface area contributed by atoms with Gasteiger partial charge in [-0.25, -0.2) is 4.98 Å². The molecule has 0 radical (unpaired) electrons. The monoisotopic (exact) mass is 286 g/mol. The molecule has 100 valence electrons. The lowest BCUT2D eigenvalue weighted by molar-refractivity contribution is -0.380. The molecule has 0 aliphatic rings. The number of fused-ring (bicyclic) bond motifs is 1. The van der Waals surface area contributed by atoms with Crippen molar-refractivity contribution < 1.29 is 9.66 Å². The highest BCUT2D eigenvalue weighted by molar-refractivity contribution is 7.15. The van der Waals surface area contributed by atoms with E-state index in [0.29, 0.717) is 5.88 Å². The fraction of sp³-hybridized carbons (Fsp3) is 0.0714. The largest absolute Gasteiger partial charge is 0.471 e. The summed E-state index contributed by atoms with van der Waals surface area (Å²) in [6.45, 7) is 0.277. The molecule has 20 heavy (non-hydrogen) atoms. The third-order valence-electron chi connectivity index (χ3n) is 2.82.